The van der Waals surface area contributed by atoms with Crippen molar-refractivity contribution in [2.45, 2.75) is 57.6 Å². The summed E-state index contributed by atoms with van der Waals surface area (Å²) >= 11 is 0. The molecule has 1 aromatic carbocycles. The van der Waals surface area contributed by atoms with Crippen LogP contribution >= 0.6 is 0 Å². The van der Waals surface area contributed by atoms with Gasteiger partial charge in [0.25, 0.3) is 0 Å². The van der Waals surface area contributed by atoms with E-state index < -0.39 is 0 Å². The quantitative estimate of drug-likeness (QED) is 0.471. The molecule has 6 nitrogen and oxygen atoms in total. The molecule has 0 aromatic heterocycles. The molecule has 0 saturated heterocycles. The number of nitrogens with zero attached hydrogens (tertiary/aromatic N) is 1. The molecule has 27 heavy (non-hydrogen) atoms. The molecule has 1 aliphatic heterocycles. The molecular formula is C21H31N3O3. The van der Waals surface area contributed by atoms with E-state index >= 15 is 0 Å². The molecule has 2 aliphatic rings. The Morgan fingerprint density at radius 2 is 2.11 bits per heavy atom. The summed E-state index contributed by atoms with van der Waals surface area (Å²) in [6, 6.07) is 8.40. The number of carbonyl (C=O) groups excluding carboxylic acids is 1. The van der Waals surface area contributed by atoms with Crippen molar-refractivity contribution in [3.8, 4) is 5.75 Å². The van der Waals surface area contributed by atoms with Crippen LogP contribution in [0.25, 0.3) is 0 Å². The van der Waals surface area contributed by atoms with Crippen LogP contribution in [-0.2, 0) is 9.53 Å². The fraction of sp³-hybridized carbons (Fsp3) is 0.619. The van der Waals surface area contributed by atoms with E-state index in [4.69, 9.17) is 9.47 Å². The maximum absolute atomic E-state index is 11.7. The highest BCUT2D eigenvalue weighted by Crippen LogP contribution is 2.46. The Morgan fingerprint density at radius 1 is 1.37 bits per heavy atom. The van der Waals surface area contributed by atoms with Crippen LogP contribution in [0.15, 0.2) is 29.3 Å². The number of benzene rings is 1. The molecular weight excluding hydrogens is 342 g/mol. The summed E-state index contributed by atoms with van der Waals surface area (Å²) in [4.78, 5) is 16.3. The molecule has 0 radical (unpaired) electrons. The summed E-state index contributed by atoms with van der Waals surface area (Å²) in [5, 5.41) is 6.88. The number of para-hydroxylation sites is 1. The molecule has 1 saturated carbocycles. The van der Waals surface area contributed by atoms with E-state index in [-0.39, 0.29) is 23.5 Å². The number of ether oxygens (including phenoxy) is 2. The summed E-state index contributed by atoms with van der Waals surface area (Å²) < 4.78 is 11.2. The zero-order valence-electron chi connectivity index (χ0n) is 16.6. The molecule has 1 aromatic rings. The molecule has 1 heterocycles. The van der Waals surface area contributed by atoms with E-state index in [0.717, 1.165) is 37.5 Å². The number of carbonyl (C=O) groups is 1. The maximum Gasteiger partial charge on any atom is 0.310 e. The number of fused-ring (bicyclic) bond motifs is 1. The SMILES string of the molecule is CCNC(=NCC(C)C(=O)OC)NC1CC2(CCCC2)Oc2ccccc21. The van der Waals surface area contributed by atoms with E-state index in [2.05, 4.69) is 27.8 Å². The molecule has 1 aliphatic carbocycles. The Bertz CT molecular complexity index is 683. The first-order valence-corrected chi connectivity index (χ1v) is 9.97. The second kappa shape index (κ2) is 8.63. The first kappa shape index (κ1) is 19.5. The second-order valence-corrected chi connectivity index (χ2v) is 7.57. The number of hydrogen-bond donors (Lipinski definition) is 2. The van der Waals surface area contributed by atoms with Crippen LogP contribution in [0.3, 0.4) is 0 Å². The number of nitrogens with one attached hydrogen (secondary N) is 2. The van der Waals surface area contributed by atoms with Crippen LogP contribution in [0, 0.1) is 5.92 Å². The van der Waals surface area contributed by atoms with Gasteiger partial charge in [-0.2, -0.15) is 0 Å². The molecule has 0 bridgehead atoms. The smallest absolute Gasteiger partial charge is 0.310 e. The third-order valence-corrected chi connectivity index (χ3v) is 5.49. The average Bonchev–Trinajstić information content (AvgIpc) is 3.12. The lowest BCUT2D eigenvalue weighted by Gasteiger charge is -2.40. The van der Waals surface area contributed by atoms with Crippen LogP contribution in [0.1, 0.15) is 57.6 Å². The number of hydrogen-bond acceptors (Lipinski definition) is 4. The number of esters is 1. The lowest BCUT2D eigenvalue weighted by atomic mass is 9.86. The Morgan fingerprint density at radius 3 is 2.81 bits per heavy atom. The second-order valence-electron chi connectivity index (χ2n) is 7.57. The number of methoxy groups -OCH3 is 1. The highest BCUT2D eigenvalue weighted by Gasteiger charge is 2.43. The van der Waals surface area contributed by atoms with Crippen LogP contribution in [0.2, 0.25) is 0 Å². The minimum atomic E-state index is -0.270. The molecule has 6 heteroatoms. The molecule has 1 fully saturated rings. The number of guanidine groups is 1. The monoisotopic (exact) mass is 373 g/mol. The van der Waals surface area contributed by atoms with Crippen molar-refractivity contribution in [2.75, 3.05) is 20.2 Å². The largest absolute Gasteiger partial charge is 0.487 e. The Labute approximate surface area is 161 Å². The zero-order chi connectivity index (χ0) is 19.3. The van der Waals surface area contributed by atoms with Crippen LogP contribution in [0.5, 0.6) is 5.75 Å². The number of rotatable bonds is 5. The fourth-order valence-electron chi connectivity index (χ4n) is 4.06. The van der Waals surface area contributed by atoms with Gasteiger partial charge in [0.05, 0.1) is 25.6 Å². The molecule has 2 N–H and O–H groups in total. The minimum Gasteiger partial charge on any atom is -0.487 e. The Kier molecular flexibility index (Phi) is 6.24. The third-order valence-electron chi connectivity index (χ3n) is 5.49. The normalized spacial score (nSPS) is 21.9. The van der Waals surface area contributed by atoms with Gasteiger partial charge in [0.1, 0.15) is 11.4 Å². The van der Waals surface area contributed by atoms with Crippen molar-refractivity contribution in [1.82, 2.24) is 10.6 Å². The lowest BCUT2D eigenvalue weighted by Crippen LogP contribution is -2.46. The molecule has 148 valence electrons. The van der Waals surface area contributed by atoms with E-state index in [0.29, 0.717) is 6.54 Å². The Balaban J connectivity index is 1.78. The first-order valence-electron chi connectivity index (χ1n) is 9.97. The van der Waals surface area contributed by atoms with Crippen molar-refractivity contribution in [1.29, 1.82) is 0 Å². The highest BCUT2D eigenvalue weighted by atomic mass is 16.5. The molecule has 3 rings (SSSR count). The molecule has 2 atom stereocenters. The van der Waals surface area contributed by atoms with Crippen LogP contribution < -0.4 is 15.4 Å². The van der Waals surface area contributed by atoms with Crippen molar-refractivity contribution in [3.63, 3.8) is 0 Å². The van der Waals surface area contributed by atoms with Gasteiger partial charge < -0.3 is 20.1 Å². The third kappa shape index (κ3) is 4.54. The van der Waals surface area contributed by atoms with Gasteiger partial charge >= 0.3 is 5.97 Å². The molecule has 2 unspecified atom stereocenters. The van der Waals surface area contributed by atoms with Gasteiger partial charge in [-0.05, 0) is 38.7 Å². The molecule has 1 spiro atoms. The minimum absolute atomic E-state index is 0.0668. The zero-order valence-corrected chi connectivity index (χ0v) is 16.6. The van der Waals surface area contributed by atoms with Crippen molar-refractivity contribution in [3.05, 3.63) is 29.8 Å². The van der Waals surface area contributed by atoms with Crippen molar-refractivity contribution >= 4 is 11.9 Å². The standard InChI is InChI=1S/C21H31N3O3/c1-4-22-20(23-14-15(2)19(25)26-3)24-17-13-21(11-7-8-12-21)27-18-10-6-5-9-16(17)18/h5-6,9-10,15,17H,4,7-8,11-14H2,1-3H3,(H2,22,23,24). The van der Waals surface area contributed by atoms with Crippen molar-refractivity contribution < 1.29 is 14.3 Å². The van der Waals surface area contributed by atoms with Gasteiger partial charge in [0.2, 0.25) is 0 Å². The van der Waals surface area contributed by atoms with E-state index in [1.165, 1.54) is 25.5 Å². The van der Waals surface area contributed by atoms with E-state index in [1.807, 2.05) is 26.0 Å². The van der Waals surface area contributed by atoms with Crippen LogP contribution in [0.4, 0.5) is 0 Å². The van der Waals surface area contributed by atoms with Gasteiger partial charge in [-0.15, -0.1) is 0 Å². The van der Waals surface area contributed by atoms with Gasteiger partial charge in [0.15, 0.2) is 5.96 Å². The summed E-state index contributed by atoms with van der Waals surface area (Å²) in [6.45, 7) is 5.01. The summed E-state index contributed by atoms with van der Waals surface area (Å²) in [7, 11) is 1.41. The van der Waals surface area contributed by atoms with Crippen molar-refractivity contribution in [2.24, 2.45) is 10.9 Å². The summed E-state index contributed by atoms with van der Waals surface area (Å²) in [6.07, 6.45) is 5.58. The highest BCUT2D eigenvalue weighted by molar-refractivity contribution is 5.81. The maximum atomic E-state index is 11.7. The molecule has 0 amide bonds. The lowest BCUT2D eigenvalue weighted by molar-refractivity contribution is -0.144. The van der Waals surface area contributed by atoms with Crippen LogP contribution in [-0.4, -0.2) is 37.7 Å². The number of aliphatic imine (C=N–C) groups is 1. The Hall–Kier alpha value is -2.24. The summed E-state index contributed by atoms with van der Waals surface area (Å²) in [5.41, 5.74) is 1.10. The van der Waals surface area contributed by atoms with E-state index in [1.54, 1.807) is 0 Å². The fourth-order valence-corrected chi connectivity index (χ4v) is 4.06. The van der Waals surface area contributed by atoms with Gasteiger partial charge in [-0.25, -0.2) is 0 Å². The van der Waals surface area contributed by atoms with Gasteiger partial charge in [0, 0.05) is 18.5 Å². The predicted molar refractivity (Wildman–Crippen MR) is 106 cm³/mol. The van der Waals surface area contributed by atoms with Gasteiger partial charge in [-0.3, -0.25) is 9.79 Å². The topological polar surface area (TPSA) is 72.0 Å². The first-order chi connectivity index (χ1) is 13.1. The average molecular weight is 373 g/mol. The predicted octanol–water partition coefficient (Wildman–Crippen LogP) is 3.19. The summed E-state index contributed by atoms with van der Waals surface area (Å²) in [5.74, 6) is 1.19. The van der Waals surface area contributed by atoms with E-state index in [9.17, 15) is 4.79 Å². The van der Waals surface area contributed by atoms with Gasteiger partial charge in [-0.1, -0.05) is 25.1 Å².